The lowest BCUT2D eigenvalue weighted by molar-refractivity contribution is 0.412. The van der Waals surface area contributed by atoms with Gasteiger partial charge in [-0.05, 0) is 31.3 Å². The van der Waals surface area contributed by atoms with Crippen molar-refractivity contribution in [2.75, 3.05) is 7.11 Å². The fourth-order valence-corrected chi connectivity index (χ4v) is 1.95. The smallest absolute Gasteiger partial charge is 0.195 e. The van der Waals surface area contributed by atoms with Crippen LogP contribution in [0.25, 0.3) is 11.4 Å². The van der Waals surface area contributed by atoms with Crippen LogP contribution >= 0.6 is 12.2 Å². The number of aromatic nitrogens is 3. The number of nitrogens with one attached hydrogen (secondary N) is 1. The van der Waals surface area contributed by atoms with Gasteiger partial charge in [0.25, 0.3) is 0 Å². The zero-order valence-electron chi connectivity index (χ0n) is 9.53. The van der Waals surface area contributed by atoms with Crippen molar-refractivity contribution in [3.8, 4) is 17.1 Å². The Kier molecular flexibility index (Phi) is 3.23. The number of halogens is 1. The molecule has 1 aromatic heterocycles. The van der Waals surface area contributed by atoms with Crippen LogP contribution in [0, 0.1) is 10.6 Å². The number of aromatic amines is 1. The molecule has 2 rings (SSSR count). The normalized spacial score (nSPS) is 10.5. The molecule has 0 bridgehead atoms. The largest absolute Gasteiger partial charge is 0.496 e. The number of nitrogens with zero attached hydrogens (tertiary/aromatic N) is 2. The van der Waals surface area contributed by atoms with Gasteiger partial charge in [-0.3, -0.25) is 5.10 Å². The van der Waals surface area contributed by atoms with Gasteiger partial charge in [0.2, 0.25) is 0 Å². The number of ether oxygens (including phenoxy) is 1. The van der Waals surface area contributed by atoms with Crippen molar-refractivity contribution in [2.24, 2.45) is 0 Å². The number of hydrogen-bond acceptors (Lipinski definition) is 3. The van der Waals surface area contributed by atoms with E-state index in [4.69, 9.17) is 17.0 Å². The van der Waals surface area contributed by atoms with Crippen LogP contribution < -0.4 is 4.74 Å². The van der Waals surface area contributed by atoms with E-state index in [9.17, 15) is 4.39 Å². The molecule has 0 saturated heterocycles. The summed E-state index contributed by atoms with van der Waals surface area (Å²) in [6.07, 6.45) is 0. The molecule has 0 radical (unpaired) electrons. The van der Waals surface area contributed by atoms with Gasteiger partial charge in [0.05, 0.1) is 12.7 Å². The molecule has 0 unspecified atom stereocenters. The first kappa shape index (κ1) is 11.8. The van der Waals surface area contributed by atoms with Gasteiger partial charge < -0.3 is 9.30 Å². The zero-order chi connectivity index (χ0) is 12.4. The van der Waals surface area contributed by atoms with Crippen LogP contribution in [0.15, 0.2) is 18.2 Å². The molecule has 0 aliphatic heterocycles. The van der Waals surface area contributed by atoms with Gasteiger partial charge in [-0.1, -0.05) is 6.07 Å². The van der Waals surface area contributed by atoms with E-state index >= 15 is 0 Å². The molecule has 1 N–H and O–H groups in total. The maximum Gasteiger partial charge on any atom is 0.195 e. The lowest BCUT2D eigenvalue weighted by Crippen LogP contribution is -2.01. The van der Waals surface area contributed by atoms with Crippen LogP contribution in [-0.4, -0.2) is 21.9 Å². The molecule has 0 amide bonds. The molecule has 1 aromatic carbocycles. The van der Waals surface area contributed by atoms with Crippen LogP contribution in [0.1, 0.15) is 6.92 Å². The molecule has 0 aliphatic carbocycles. The average molecular weight is 253 g/mol. The van der Waals surface area contributed by atoms with Crippen molar-refractivity contribution in [3.05, 3.63) is 28.8 Å². The fourth-order valence-electron chi connectivity index (χ4n) is 1.69. The second-order valence-electron chi connectivity index (χ2n) is 3.41. The van der Waals surface area contributed by atoms with Crippen molar-refractivity contribution in [2.45, 2.75) is 13.5 Å². The maximum absolute atomic E-state index is 13.9. The molecular weight excluding hydrogens is 241 g/mol. The lowest BCUT2D eigenvalue weighted by atomic mass is 10.1. The molecule has 0 aliphatic rings. The van der Waals surface area contributed by atoms with Crippen molar-refractivity contribution in [1.29, 1.82) is 0 Å². The Morgan fingerprint density at radius 1 is 1.53 bits per heavy atom. The second-order valence-corrected chi connectivity index (χ2v) is 3.80. The third-order valence-electron chi connectivity index (χ3n) is 2.49. The van der Waals surface area contributed by atoms with Crippen molar-refractivity contribution >= 4 is 12.2 Å². The number of benzene rings is 1. The molecule has 17 heavy (non-hydrogen) atoms. The summed E-state index contributed by atoms with van der Waals surface area (Å²) in [5, 5.41) is 6.71. The monoisotopic (exact) mass is 253 g/mol. The molecular formula is C11H12FN3OS. The summed E-state index contributed by atoms with van der Waals surface area (Å²) in [4.78, 5) is 0. The summed E-state index contributed by atoms with van der Waals surface area (Å²) in [6.45, 7) is 2.53. The topological polar surface area (TPSA) is 42.8 Å². The van der Waals surface area contributed by atoms with Crippen molar-refractivity contribution in [3.63, 3.8) is 0 Å². The summed E-state index contributed by atoms with van der Waals surface area (Å²) in [5.41, 5.74) is 0.323. The Morgan fingerprint density at radius 3 is 2.94 bits per heavy atom. The van der Waals surface area contributed by atoms with E-state index in [2.05, 4.69) is 10.2 Å². The number of hydrogen-bond donors (Lipinski definition) is 1. The summed E-state index contributed by atoms with van der Waals surface area (Å²) >= 11 is 5.08. The van der Waals surface area contributed by atoms with Gasteiger partial charge >= 0.3 is 0 Å². The molecule has 4 nitrogen and oxygen atoms in total. The van der Waals surface area contributed by atoms with Crippen LogP contribution in [0.4, 0.5) is 4.39 Å². The van der Waals surface area contributed by atoms with E-state index in [1.807, 2.05) is 6.92 Å². The first-order chi connectivity index (χ1) is 8.19. The van der Waals surface area contributed by atoms with E-state index in [0.717, 1.165) is 0 Å². The summed E-state index contributed by atoms with van der Waals surface area (Å²) < 4.78 is 21.2. The molecule has 0 fully saturated rings. The Balaban J connectivity index is 2.71. The lowest BCUT2D eigenvalue weighted by Gasteiger charge is -2.09. The Bertz CT molecular complexity index is 591. The molecule has 90 valence electrons. The predicted molar refractivity (Wildman–Crippen MR) is 65.0 cm³/mol. The molecule has 0 spiro atoms. The average Bonchev–Trinajstić information content (AvgIpc) is 2.69. The quantitative estimate of drug-likeness (QED) is 0.855. The van der Waals surface area contributed by atoms with Gasteiger partial charge in [-0.2, -0.15) is 5.10 Å². The van der Waals surface area contributed by atoms with E-state index in [0.29, 0.717) is 28.5 Å². The van der Waals surface area contributed by atoms with Crippen molar-refractivity contribution in [1.82, 2.24) is 14.8 Å². The summed E-state index contributed by atoms with van der Waals surface area (Å²) in [6, 6.07) is 4.65. The van der Waals surface area contributed by atoms with Gasteiger partial charge in [-0.25, -0.2) is 4.39 Å². The standard InChI is InChI=1S/C11H12FN3OS/c1-3-15-10(13-14-11(15)17)9-7(12)5-4-6-8(9)16-2/h4-6H,3H2,1-2H3,(H,14,17). The minimum Gasteiger partial charge on any atom is -0.496 e. The third kappa shape index (κ3) is 1.95. The van der Waals surface area contributed by atoms with Crippen LogP contribution in [0.5, 0.6) is 5.75 Å². The highest BCUT2D eigenvalue weighted by molar-refractivity contribution is 7.71. The summed E-state index contributed by atoms with van der Waals surface area (Å²) in [5.74, 6) is 0.509. The van der Waals surface area contributed by atoms with Gasteiger partial charge in [0.1, 0.15) is 11.6 Å². The molecule has 0 saturated carbocycles. The highest BCUT2D eigenvalue weighted by Crippen LogP contribution is 2.31. The molecule has 2 aromatic rings. The Labute approximate surface area is 103 Å². The third-order valence-corrected chi connectivity index (χ3v) is 2.81. The second kappa shape index (κ2) is 4.67. The molecule has 0 atom stereocenters. The SMILES string of the molecule is CCn1c(-c2c(F)cccc2OC)n[nH]c1=S. The van der Waals surface area contributed by atoms with E-state index in [-0.39, 0.29) is 5.82 Å². The van der Waals surface area contributed by atoms with E-state index in [1.165, 1.54) is 13.2 Å². The first-order valence-corrected chi connectivity index (χ1v) is 5.58. The van der Waals surface area contributed by atoms with Crippen molar-refractivity contribution < 1.29 is 9.13 Å². The van der Waals surface area contributed by atoms with Crippen LogP contribution in [0.3, 0.4) is 0 Å². The number of H-pyrrole nitrogens is 1. The minimum absolute atomic E-state index is 0.323. The predicted octanol–water partition coefficient (Wildman–Crippen LogP) is 2.78. The Hall–Kier alpha value is -1.69. The van der Waals surface area contributed by atoms with E-state index < -0.39 is 0 Å². The summed E-state index contributed by atoms with van der Waals surface area (Å²) in [7, 11) is 1.50. The van der Waals surface area contributed by atoms with Gasteiger partial charge in [0, 0.05) is 6.54 Å². The fraction of sp³-hybridized carbons (Fsp3) is 0.273. The highest BCUT2D eigenvalue weighted by atomic mass is 32.1. The van der Waals surface area contributed by atoms with Crippen LogP contribution in [-0.2, 0) is 6.54 Å². The zero-order valence-corrected chi connectivity index (χ0v) is 10.3. The van der Waals surface area contributed by atoms with Gasteiger partial charge in [-0.15, -0.1) is 0 Å². The number of methoxy groups -OCH3 is 1. The van der Waals surface area contributed by atoms with E-state index in [1.54, 1.807) is 16.7 Å². The molecule has 1 heterocycles. The van der Waals surface area contributed by atoms with Gasteiger partial charge in [0.15, 0.2) is 10.6 Å². The Morgan fingerprint density at radius 2 is 2.29 bits per heavy atom. The highest BCUT2D eigenvalue weighted by Gasteiger charge is 2.17. The maximum atomic E-state index is 13.9. The van der Waals surface area contributed by atoms with Crippen LogP contribution in [0.2, 0.25) is 0 Å². The molecule has 6 heteroatoms. The first-order valence-electron chi connectivity index (χ1n) is 5.17. The number of rotatable bonds is 3. The minimum atomic E-state index is -0.381.